The second-order valence-electron chi connectivity index (χ2n) is 5.81. The number of nitriles is 1. The number of hydrogen-bond donors (Lipinski definition) is 0. The standard InChI is InChI=1S/C17H23N3OS2/c1-19(2)6-7-20(17(21)16-13-22-8-9-23-16)12-15-5-3-4-14(10-15)11-18/h3-5,10,16H,6-9,12-13H2,1-2H3/t16-/m0/s1. The first-order chi connectivity index (χ1) is 11.1. The zero-order chi connectivity index (χ0) is 16.7. The number of rotatable bonds is 6. The number of amides is 1. The van der Waals surface area contributed by atoms with Gasteiger partial charge in [-0.2, -0.15) is 17.0 Å². The molecule has 4 nitrogen and oxygen atoms in total. The van der Waals surface area contributed by atoms with E-state index >= 15 is 0 Å². The van der Waals surface area contributed by atoms with E-state index in [1.54, 1.807) is 17.8 Å². The third-order valence-electron chi connectivity index (χ3n) is 3.65. The lowest BCUT2D eigenvalue weighted by Gasteiger charge is -2.30. The lowest BCUT2D eigenvalue weighted by atomic mass is 10.1. The van der Waals surface area contributed by atoms with Gasteiger partial charge in [0.2, 0.25) is 5.91 Å². The van der Waals surface area contributed by atoms with Crippen LogP contribution in [0.4, 0.5) is 0 Å². The number of carbonyl (C=O) groups is 1. The predicted octanol–water partition coefficient (Wildman–Crippen LogP) is 2.30. The Morgan fingerprint density at radius 1 is 1.35 bits per heavy atom. The summed E-state index contributed by atoms with van der Waals surface area (Å²) in [4.78, 5) is 16.9. The van der Waals surface area contributed by atoms with Crippen molar-refractivity contribution < 1.29 is 4.79 Å². The zero-order valence-corrected chi connectivity index (χ0v) is 15.3. The average Bonchev–Trinajstić information content (AvgIpc) is 2.58. The summed E-state index contributed by atoms with van der Waals surface area (Å²) in [5, 5.41) is 9.11. The van der Waals surface area contributed by atoms with Crippen molar-refractivity contribution >= 4 is 29.4 Å². The van der Waals surface area contributed by atoms with Crippen molar-refractivity contribution in [3.8, 4) is 6.07 Å². The summed E-state index contributed by atoms with van der Waals surface area (Å²) >= 11 is 3.64. The van der Waals surface area contributed by atoms with E-state index in [-0.39, 0.29) is 11.2 Å². The Kier molecular flexibility index (Phi) is 7.28. The molecule has 0 spiro atoms. The van der Waals surface area contributed by atoms with Crippen LogP contribution in [-0.2, 0) is 11.3 Å². The van der Waals surface area contributed by atoms with E-state index in [1.807, 2.05) is 49.0 Å². The number of likely N-dealkylation sites (N-methyl/N-ethyl adjacent to an activating group) is 1. The van der Waals surface area contributed by atoms with Gasteiger partial charge in [0.15, 0.2) is 0 Å². The van der Waals surface area contributed by atoms with Gasteiger partial charge >= 0.3 is 0 Å². The molecule has 1 saturated heterocycles. The quantitative estimate of drug-likeness (QED) is 0.789. The van der Waals surface area contributed by atoms with E-state index in [4.69, 9.17) is 5.26 Å². The molecule has 6 heteroatoms. The van der Waals surface area contributed by atoms with Crippen LogP contribution < -0.4 is 0 Å². The summed E-state index contributed by atoms with van der Waals surface area (Å²) in [5.74, 6) is 3.31. The lowest BCUT2D eigenvalue weighted by Crippen LogP contribution is -2.42. The van der Waals surface area contributed by atoms with E-state index in [0.29, 0.717) is 18.7 Å². The Bertz CT molecular complexity index is 565. The highest BCUT2D eigenvalue weighted by Gasteiger charge is 2.27. The Morgan fingerprint density at radius 2 is 2.17 bits per heavy atom. The third-order valence-corrected chi connectivity index (χ3v) is 6.39. The van der Waals surface area contributed by atoms with Crippen molar-refractivity contribution in [2.75, 3.05) is 44.4 Å². The monoisotopic (exact) mass is 349 g/mol. The van der Waals surface area contributed by atoms with Crippen molar-refractivity contribution in [1.29, 1.82) is 5.26 Å². The van der Waals surface area contributed by atoms with E-state index in [1.165, 1.54) is 0 Å². The summed E-state index contributed by atoms with van der Waals surface area (Å²) in [7, 11) is 4.04. The van der Waals surface area contributed by atoms with Crippen molar-refractivity contribution in [2.45, 2.75) is 11.8 Å². The SMILES string of the molecule is CN(C)CCN(Cc1cccc(C#N)c1)C(=O)[C@@H]1CSCCS1. The molecule has 23 heavy (non-hydrogen) atoms. The minimum atomic E-state index is 0.0649. The van der Waals surface area contributed by atoms with Crippen molar-refractivity contribution in [2.24, 2.45) is 0 Å². The summed E-state index contributed by atoms with van der Waals surface area (Å²) in [6.07, 6.45) is 0. The van der Waals surface area contributed by atoms with E-state index in [9.17, 15) is 4.79 Å². The van der Waals surface area contributed by atoms with Gasteiger partial charge in [0, 0.05) is 36.9 Å². The molecule has 2 rings (SSSR count). The van der Waals surface area contributed by atoms with Gasteiger partial charge in [0.25, 0.3) is 0 Å². The topological polar surface area (TPSA) is 47.3 Å². The van der Waals surface area contributed by atoms with Gasteiger partial charge in [0.05, 0.1) is 16.9 Å². The molecule has 1 aliphatic heterocycles. The normalized spacial score (nSPS) is 17.7. The number of nitrogens with zero attached hydrogens (tertiary/aromatic N) is 3. The molecular weight excluding hydrogens is 326 g/mol. The summed E-state index contributed by atoms with van der Waals surface area (Å²) in [6, 6.07) is 9.70. The van der Waals surface area contributed by atoms with Crippen LogP contribution >= 0.6 is 23.5 Å². The molecule has 0 bridgehead atoms. The molecule has 1 aromatic carbocycles. The van der Waals surface area contributed by atoms with Crippen molar-refractivity contribution in [1.82, 2.24) is 9.80 Å². The minimum absolute atomic E-state index is 0.0649. The fourth-order valence-electron chi connectivity index (χ4n) is 2.38. The predicted molar refractivity (Wildman–Crippen MR) is 98.7 cm³/mol. The maximum atomic E-state index is 12.9. The molecule has 0 saturated carbocycles. The Hall–Kier alpha value is -1.16. The minimum Gasteiger partial charge on any atom is -0.336 e. The van der Waals surface area contributed by atoms with Crippen molar-refractivity contribution in [3.63, 3.8) is 0 Å². The van der Waals surface area contributed by atoms with Crippen LogP contribution in [-0.4, -0.2) is 65.4 Å². The average molecular weight is 350 g/mol. The molecule has 1 atom stereocenters. The van der Waals surface area contributed by atoms with Crippen LogP contribution in [0.15, 0.2) is 24.3 Å². The molecule has 0 unspecified atom stereocenters. The molecule has 1 aliphatic rings. The van der Waals surface area contributed by atoms with E-state index < -0.39 is 0 Å². The highest BCUT2D eigenvalue weighted by Crippen LogP contribution is 2.26. The third kappa shape index (κ3) is 5.76. The Labute approximate surface area is 147 Å². The van der Waals surface area contributed by atoms with Gasteiger partial charge in [-0.25, -0.2) is 0 Å². The fraction of sp³-hybridized carbons (Fsp3) is 0.529. The summed E-state index contributed by atoms with van der Waals surface area (Å²) < 4.78 is 0. The smallest absolute Gasteiger partial charge is 0.236 e. The molecule has 1 amide bonds. The first kappa shape index (κ1) is 18.2. The molecule has 0 N–H and O–H groups in total. The maximum Gasteiger partial charge on any atom is 0.236 e. The number of thioether (sulfide) groups is 2. The highest BCUT2D eigenvalue weighted by atomic mass is 32.2. The van der Waals surface area contributed by atoms with Crippen molar-refractivity contribution in [3.05, 3.63) is 35.4 Å². The maximum absolute atomic E-state index is 12.9. The Balaban J connectivity index is 2.09. The number of carbonyl (C=O) groups excluding carboxylic acids is 1. The van der Waals surface area contributed by atoms with E-state index in [2.05, 4.69) is 11.0 Å². The molecule has 124 valence electrons. The van der Waals surface area contributed by atoms with Crippen LogP contribution in [0.5, 0.6) is 0 Å². The molecule has 0 aliphatic carbocycles. The second-order valence-corrected chi connectivity index (χ2v) is 8.27. The van der Waals surface area contributed by atoms with Gasteiger partial charge in [-0.1, -0.05) is 12.1 Å². The lowest BCUT2D eigenvalue weighted by molar-refractivity contribution is -0.131. The Morgan fingerprint density at radius 3 is 2.83 bits per heavy atom. The first-order valence-corrected chi connectivity index (χ1v) is 9.92. The second kappa shape index (κ2) is 9.21. The molecule has 0 aromatic heterocycles. The number of hydrogen-bond acceptors (Lipinski definition) is 5. The van der Waals surface area contributed by atoms with Gasteiger partial charge in [-0.15, -0.1) is 11.8 Å². The molecule has 1 heterocycles. The van der Waals surface area contributed by atoms with Crippen LogP contribution in [0.25, 0.3) is 0 Å². The zero-order valence-electron chi connectivity index (χ0n) is 13.7. The van der Waals surface area contributed by atoms with Crippen LogP contribution in [0, 0.1) is 11.3 Å². The summed E-state index contributed by atoms with van der Waals surface area (Å²) in [6.45, 7) is 2.13. The van der Waals surface area contributed by atoms with Crippen LogP contribution in [0.3, 0.4) is 0 Å². The van der Waals surface area contributed by atoms with Gasteiger partial charge in [-0.05, 0) is 31.8 Å². The van der Waals surface area contributed by atoms with Crippen LogP contribution in [0.1, 0.15) is 11.1 Å². The largest absolute Gasteiger partial charge is 0.336 e. The molecule has 1 fully saturated rings. The van der Waals surface area contributed by atoms with Gasteiger partial charge in [0.1, 0.15) is 0 Å². The molecule has 0 radical (unpaired) electrons. The first-order valence-electron chi connectivity index (χ1n) is 7.72. The molecular formula is C17H23N3OS2. The van der Waals surface area contributed by atoms with E-state index in [0.717, 1.165) is 29.4 Å². The highest BCUT2D eigenvalue weighted by molar-refractivity contribution is 8.07. The van der Waals surface area contributed by atoms with Crippen LogP contribution in [0.2, 0.25) is 0 Å². The number of benzene rings is 1. The van der Waals surface area contributed by atoms with Gasteiger partial charge in [-0.3, -0.25) is 4.79 Å². The van der Waals surface area contributed by atoms with Gasteiger partial charge < -0.3 is 9.80 Å². The fourth-order valence-corrected chi connectivity index (χ4v) is 5.01. The summed E-state index contributed by atoms with van der Waals surface area (Å²) in [5.41, 5.74) is 1.66. The molecule has 1 aromatic rings.